The Labute approximate surface area is 135 Å². The van der Waals surface area contributed by atoms with Crippen LogP contribution in [0.4, 0.5) is 0 Å². The molecule has 1 aromatic heterocycles. The molecule has 0 spiro atoms. The molecule has 0 aliphatic heterocycles. The molecule has 0 saturated carbocycles. The van der Waals surface area contributed by atoms with Crippen LogP contribution in [0, 0.1) is 0 Å². The first-order valence-corrected chi connectivity index (χ1v) is 7.67. The highest BCUT2D eigenvalue weighted by Crippen LogP contribution is 2.35. The zero-order valence-electron chi connectivity index (χ0n) is 12.9. The Kier molecular flexibility index (Phi) is 3.35. The average molecular weight is 299 g/mol. The summed E-state index contributed by atoms with van der Waals surface area (Å²) in [7, 11) is 1.72. The number of benzene rings is 3. The lowest BCUT2D eigenvalue weighted by Gasteiger charge is -2.13. The van der Waals surface area contributed by atoms with E-state index in [1.165, 1.54) is 16.6 Å². The smallest absolute Gasteiger partial charge is 0.126 e. The molecule has 112 valence electrons. The zero-order valence-corrected chi connectivity index (χ0v) is 12.9. The van der Waals surface area contributed by atoms with Crippen molar-refractivity contribution in [3.05, 3.63) is 85.1 Å². The number of hydrogen-bond donors (Lipinski definition) is 0. The molecule has 0 aliphatic rings. The quantitative estimate of drug-likeness (QED) is 0.500. The molecule has 4 aromatic rings. The summed E-state index contributed by atoms with van der Waals surface area (Å²) in [6.07, 6.45) is 2.10. The van der Waals surface area contributed by atoms with Crippen molar-refractivity contribution >= 4 is 10.8 Å². The van der Waals surface area contributed by atoms with E-state index >= 15 is 0 Å². The van der Waals surface area contributed by atoms with Crippen molar-refractivity contribution in [2.75, 3.05) is 7.11 Å². The van der Waals surface area contributed by atoms with Gasteiger partial charge in [0.15, 0.2) is 0 Å². The number of rotatable bonds is 3. The van der Waals surface area contributed by atoms with Gasteiger partial charge < -0.3 is 9.30 Å². The number of ether oxygens (including phenoxy) is 1. The molecular formula is C21H17NO. The molecule has 0 saturated heterocycles. The Bertz CT molecular complexity index is 954. The van der Waals surface area contributed by atoms with E-state index < -0.39 is 0 Å². The van der Waals surface area contributed by atoms with Gasteiger partial charge in [0.1, 0.15) is 5.75 Å². The van der Waals surface area contributed by atoms with Gasteiger partial charge in [-0.2, -0.15) is 0 Å². The van der Waals surface area contributed by atoms with E-state index in [0.29, 0.717) is 0 Å². The van der Waals surface area contributed by atoms with Crippen molar-refractivity contribution in [3.8, 4) is 22.7 Å². The maximum absolute atomic E-state index is 5.51. The Morgan fingerprint density at radius 2 is 1.43 bits per heavy atom. The predicted octanol–water partition coefficient (Wildman–Crippen LogP) is 5.31. The van der Waals surface area contributed by atoms with Crippen molar-refractivity contribution < 1.29 is 4.74 Å². The monoisotopic (exact) mass is 299 g/mol. The molecule has 0 atom stereocenters. The molecule has 2 nitrogen and oxygen atoms in total. The van der Waals surface area contributed by atoms with E-state index in [1.54, 1.807) is 7.11 Å². The van der Waals surface area contributed by atoms with Crippen LogP contribution >= 0.6 is 0 Å². The van der Waals surface area contributed by atoms with Gasteiger partial charge in [-0.25, -0.2) is 0 Å². The SMILES string of the molecule is COc1ccc(-c2cccn2-c2ccccc2)c2ccccc12. The van der Waals surface area contributed by atoms with Gasteiger partial charge in [-0.15, -0.1) is 0 Å². The van der Waals surface area contributed by atoms with Crippen LogP contribution in [0.15, 0.2) is 85.1 Å². The summed E-state index contributed by atoms with van der Waals surface area (Å²) in [5.41, 5.74) is 3.54. The van der Waals surface area contributed by atoms with Crippen LogP contribution in [-0.4, -0.2) is 11.7 Å². The number of para-hydroxylation sites is 1. The highest BCUT2D eigenvalue weighted by Gasteiger charge is 2.11. The van der Waals surface area contributed by atoms with Crippen LogP contribution in [0.1, 0.15) is 0 Å². The number of aromatic nitrogens is 1. The van der Waals surface area contributed by atoms with E-state index in [1.807, 2.05) is 18.2 Å². The van der Waals surface area contributed by atoms with Crippen LogP contribution in [0.3, 0.4) is 0 Å². The van der Waals surface area contributed by atoms with Crippen LogP contribution in [-0.2, 0) is 0 Å². The summed E-state index contributed by atoms with van der Waals surface area (Å²) in [5.74, 6) is 0.905. The highest BCUT2D eigenvalue weighted by atomic mass is 16.5. The molecule has 0 aliphatic carbocycles. The summed E-state index contributed by atoms with van der Waals surface area (Å²) < 4.78 is 7.72. The fraction of sp³-hybridized carbons (Fsp3) is 0.0476. The van der Waals surface area contributed by atoms with Crippen molar-refractivity contribution in [2.45, 2.75) is 0 Å². The summed E-state index contributed by atoms with van der Waals surface area (Å²) in [5, 5.41) is 2.33. The lowest BCUT2D eigenvalue weighted by Crippen LogP contribution is -1.95. The largest absolute Gasteiger partial charge is 0.496 e. The first-order chi connectivity index (χ1) is 11.4. The molecule has 0 amide bonds. The predicted molar refractivity (Wildman–Crippen MR) is 95.3 cm³/mol. The first kappa shape index (κ1) is 13.6. The lowest BCUT2D eigenvalue weighted by atomic mass is 10.0. The molecule has 3 aromatic carbocycles. The van der Waals surface area contributed by atoms with E-state index in [2.05, 4.69) is 71.4 Å². The van der Waals surface area contributed by atoms with Gasteiger partial charge in [-0.1, -0.05) is 42.5 Å². The number of hydrogen-bond acceptors (Lipinski definition) is 1. The standard InChI is InChI=1S/C21H17NO/c1-23-21-14-13-18(17-10-5-6-11-19(17)21)20-12-7-15-22(20)16-8-3-2-4-9-16/h2-15H,1H3. The summed E-state index contributed by atoms with van der Waals surface area (Å²) in [6.45, 7) is 0. The summed E-state index contributed by atoms with van der Waals surface area (Å²) in [4.78, 5) is 0. The summed E-state index contributed by atoms with van der Waals surface area (Å²) >= 11 is 0. The van der Waals surface area contributed by atoms with Gasteiger partial charge in [-0.05, 0) is 41.8 Å². The number of methoxy groups -OCH3 is 1. The van der Waals surface area contributed by atoms with Crippen LogP contribution in [0.5, 0.6) is 5.75 Å². The minimum absolute atomic E-state index is 0.905. The van der Waals surface area contributed by atoms with Gasteiger partial charge in [0.25, 0.3) is 0 Å². The van der Waals surface area contributed by atoms with E-state index in [4.69, 9.17) is 4.74 Å². The van der Waals surface area contributed by atoms with Crippen LogP contribution in [0.25, 0.3) is 27.7 Å². The number of nitrogens with zero attached hydrogens (tertiary/aromatic N) is 1. The van der Waals surface area contributed by atoms with Crippen molar-refractivity contribution in [2.24, 2.45) is 0 Å². The Hall–Kier alpha value is -3.00. The highest BCUT2D eigenvalue weighted by molar-refractivity contribution is 5.99. The fourth-order valence-electron chi connectivity index (χ4n) is 3.09. The third kappa shape index (κ3) is 2.29. The van der Waals surface area contributed by atoms with Crippen molar-refractivity contribution in [1.29, 1.82) is 0 Å². The molecule has 0 bridgehead atoms. The Morgan fingerprint density at radius 1 is 0.696 bits per heavy atom. The maximum Gasteiger partial charge on any atom is 0.126 e. The van der Waals surface area contributed by atoms with Crippen molar-refractivity contribution in [3.63, 3.8) is 0 Å². The third-order valence-electron chi connectivity index (χ3n) is 4.16. The van der Waals surface area contributed by atoms with Gasteiger partial charge in [0, 0.05) is 22.8 Å². The summed E-state index contributed by atoms with van der Waals surface area (Å²) in [6, 6.07) is 27.2. The second kappa shape index (κ2) is 5.65. The molecule has 23 heavy (non-hydrogen) atoms. The second-order valence-corrected chi connectivity index (χ2v) is 5.46. The third-order valence-corrected chi connectivity index (χ3v) is 4.16. The van der Waals surface area contributed by atoms with Gasteiger partial charge >= 0.3 is 0 Å². The van der Waals surface area contributed by atoms with Crippen molar-refractivity contribution in [1.82, 2.24) is 4.57 Å². The van der Waals surface area contributed by atoms with E-state index in [9.17, 15) is 0 Å². The van der Waals surface area contributed by atoms with Gasteiger partial charge in [0.05, 0.1) is 12.8 Å². The van der Waals surface area contributed by atoms with E-state index in [-0.39, 0.29) is 0 Å². The van der Waals surface area contributed by atoms with E-state index in [0.717, 1.165) is 16.8 Å². The van der Waals surface area contributed by atoms with Gasteiger partial charge in [0.2, 0.25) is 0 Å². The normalized spacial score (nSPS) is 10.8. The van der Waals surface area contributed by atoms with Crippen LogP contribution in [0.2, 0.25) is 0 Å². The fourth-order valence-corrected chi connectivity index (χ4v) is 3.09. The molecule has 4 rings (SSSR count). The molecular weight excluding hydrogens is 282 g/mol. The minimum atomic E-state index is 0.905. The molecule has 0 fully saturated rings. The Balaban J connectivity index is 1.97. The van der Waals surface area contributed by atoms with Gasteiger partial charge in [-0.3, -0.25) is 0 Å². The molecule has 2 heteroatoms. The molecule has 0 radical (unpaired) electrons. The number of fused-ring (bicyclic) bond motifs is 1. The molecule has 0 unspecified atom stereocenters. The first-order valence-electron chi connectivity index (χ1n) is 7.67. The van der Waals surface area contributed by atoms with Crippen LogP contribution < -0.4 is 4.74 Å². The second-order valence-electron chi connectivity index (χ2n) is 5.46. The zero-order chi connectivity index (χ0) is 15.6. The molecule has 1 heterocycles. The lowest BCUT2D eigenvalue weighted by molar-refractivity contribution is 0.420. The topological polar surface area (TPSA) is 14.2 Å². The average Bonchev–Trinajstić information content (AvgIpc) is 3.11. The maximum atomic E-state index is 5.51. The minimum Gasteiger partial charge on any atom is -0.496 e. The molecule has 0 N–H and O–H groups in total. The Morgan fingerprint density at radius 3 is 2.22 bits per heavy atom.